The molecule has 1 fully saturated rings. The summed E-state index contributed by atoms with van der Waals surface area (Å²) in [6, 6.07) is 5.33. The van der Waals surface area contributed by atoms with Crippen molar-refractivity contribution in [2.45, 2.75) is 72.1 Å². The second-order valence-electron chi connectivity index (χ2n) is 7.00. The Bertz CT molecular complexity index is 490. The molecule has 0 aromatic heterocycles. The fraction of sp³-hybridized carbons (Fsp3) is 0.684. The van der Waals surface area contributed by atoms with Crippen molar-refractivity contribution in [3.8, 4) is 5.75 Å². The third kappa shape index (κ3) is 4.23. The van der Waals surface area contributed by atoms with Crippen molar-refractivity contribution in [3.05, 3.63) is 28.8 Å². The highest BCUT2D eigenvalue weighted by atomic mass is 16.5. The number of benzene rings is 1. The predicted molar refractivity (Wildman–Crippen MR) is 91.6 cm³/mol. The summed E-state index contributed by atoms with van der Waals surface area (Å²) in [5.74, 6) is 0.899. The molecule has 0 aliphatic carbocycles. The second kappa shape index (κ2) is 7.47. The summed E-state index contributed by atoms with van der Waals surface area (Å²) in [6.45, 7) is 11.8. The lowest BCUT2D eigenvalue weighted by atomic mass is 9.97. The minimum absolute atomic E-state index is 0.361. The number of hydrogen-bond acceptors (Lipinski definition) is 3. The number of β-amino-alcohol motifs (C(OH)–C–C–N with tert-alkyl or cyclic N) is 1. The Balaban J connectivity index is 1.91. The molecule has 124 valence electrons. The van der Waals surface area contributed by atoms with Crippen LogP contribution in [0.4, 0.5) is 0 Å². The molecule has 3 atom stereocenters. The summed E-state index contributed by atoms with van der Waals surface area (Å²) in [5, 5.41) is 10.4. The lowest BCUT2D eigenvalue weighted by Gasteiger charge is -2.40. The summed E-state index contributed by atoms with van der Waals surface area (Å²) in [4.78, 5) is 2.42. The molecule has 1 aromatic carbocycles. The molecule has 0 amide bonds. The molecule has 0 radical (unpaired) electrons. The number of hydrogen-bond donors (Lipinski definition) is 1. The summed E-state index contributed by atoms with van der Waals surface area (Å²) in [5.41, 5.74) is 3.60. The van der Waals surface area contributed by atoms with Gasteiger partial charge in [0.05, 0.1) is 0 Å². The number of aliphatic hydroxyl groups excluding tert-OH is 1. The Kier molecular flexibility index (Phi) is 5.87. The molecule has 0 bridgehead atoms. The number of nitrogens with zero attached hydrogens (tertiary/aromatic N) is 1. The summed E-state index contributed by atoms with van der Waals surface area (Å²) in [7, 11) is 0. The van der Waals surface area contributed by atoms with Crippen LogP contribution < -0.4 is 4.74 Å². The highest BCUT2D eigenvalue weighted by Gasteiger charge is 2.26. The summed E-state index contributed by atoms with van der Waals surface area (Å²) < 4.78 is 5.90. The Morgan fingerprint density at radius 3 is 2.45 bits per heavy atom. The van der Waals surface area contributed by atoms with Crippen LogP contribution in [0.3, 0.4) is 0 Å². The number of rotatable bonds is 5. The molecule has 1 aliphatic heterocycles. The Morgan fingerprint density at radius 2 is 1.82 bits per heavy atom. The first-order valence-corrected chi connectivity index (χ1v) is 8.53. The van der Waals surface area contributed by atoms with Crippen LogP contribution in [0.2, 0.25) is 0 Å². The van der Waals surface area contributed by atoms with Crippen LogP contribution in [0.1, 0.15) is 49.8 Å². The van der Waals surface area contributed by atoms with E-state index in [0.717, 1.165) is 11.3 Å². The molecule has 1 aromatic rings. The van der Waals surface area contributed by atoms with Crippen molar-refractivity contribution in [1.82, 2.24) is 4.90 Å². The third-order valence-electron chi connectivity index (χ3n) is 4.99. The molecular formula is C19H31NO2. The van der Waals surface area contributed by atoms with Crippen molar-refractivity contribution in [2.75, 3.05) is 13.2 Å². The normalized spacial score (nSPS) is 24.3. The summed E-state index contributed by atoms with van der Waals surface area (Å²) in [6.07, 6.45) is 3.32. The van der Waals surface area contributed by atoms with Crippen LogP contribution in [-0.2, 0) is 0 Å². The van der Waals surface area contributed by atoms with Crippen molar-refractivity contribution in [2.24, 2.45) is 0 Å². The Morgan fingerprint density at radius 1 is 1.18 bits per heavy atom. The zero-order valence-corrected chi connectivity index (χ0v) is 14.7. The SMILES string of the molecule is Cc1cc(C)c(C)c(OC[C@H](O)CN2[C@H](C)CCC[C@H]2C)c1. The van der Waals surface area contributed by atoms with E-state index < -0.39 is 6.10 Å². The topological polar surface area (TPSA) is 32.7 Å². The van der Waals surface area contributed by atoms with Gasteiger partial charge in [-0.3, -0.25) is 4.90 Å². The van der Waals surface area contributed by atoms with Crippen LogP contribution in [0.15, 0.2) is 12.1 Å². The first-order valence-electron chi connectivity index (χ1n) is 8.53. The average Bonchev–Trinajstić information content (AvgIpc) is 2.45. The maximum Gasteiger partial charge on any atom is 0.122 e. The van der Waals surface area contributed by atoms with E-state index in [4.69, 9.17) is 4.74 Å². The lowest BCUT2D eigenvalue weighted by molar-refractivity contribution is 0.0207. The molecular weight excluding hydrogens is 274 g/mol. The lowest BCUT2D eigenvalue weighted by Crippen LogP contribution is -2.48. The smallest absolute Gasteiger partial charge is 0.122 e. The highest BCUT2D eigenvalue weighted by molar-refractivity contribution is 5.41. The number of aliphatic hydroxyl groups is 1. The molecule has 0 saturated carbocycles. The van der Waals surface area contributed by atoms with Gasteiger partial charge in [0.15, 0.2) is 0 Å². The van der Waals surface area contributed by atoms with E-state index in [-0.39, 0.29) is 0 Å². The largest absolute Gasteiger partial charge is 0.491 e. The van der Waals surface area contributed by atoms with Crippen molar-refractivity contribution < 1.29 is 9.84 Å². The fourth-order valence-electron chi connectivity index (χ4n) is 3.47. The minimum Gasteiger partial charge on any atom is -0.491 e. The van der Waals surface area contributed by atoms with Crippen molar-refractivity contribution >= 4 is 0 Å². The van der Waals surface area contributed by atoms with Gasteiger partial charge < -0.3 is 9.84 Å². The van der Waals surface area contributed by atoms with Crippen LogP contribution in [0.25, 0.3) is 0 Å². The van der Waals surface area contributed by atoms with E-state index in [1.807, 2.05) is 0 Å². The number of aryl methyl sites for hydroxylation is 2. The van der Waals surface area contributed by atoms with Gasteiger partial charge in [-0.1, -0.05) is 12.5 Å². The maximum absolute atomic E-state index is 10.4. The van der Waals surface area contributed by atoms with E-state index >= 15 is 0 Å². The molecule has 0 unspecified atom stereocenters. The van der Waals surface area contributed by atoms with Crippen molar-refractivity contribution in [3.63, 3.8) is 0 Å². The zero-order chi connectivity index (χ0) is 16.3. The van der Waals surface area contributed by atoms with Gasteiger partial charge in [0, 0.05) is 18.6 Å². The molecule has 3 heteroatoms. The van der Waals surface area contributed by atoms with Gasteiger partial charge in [-0.25, -0.2) is 0 Å². The molecule has 2 rings (SSSR count). The van der Waals surface area contributed by atoms with Crippen LogP contribution >= 0.6 is 0 Å². The molecule has 3 nitrogen and oxygen atoms in total. The van der Waals surface area contributed by atoms with Gasteiger partial charge in [-0.05, 0) is 70.2 Å². The van der Waals surface area contributed by atoms with Gasteiger partial charge in [0.2, 0.25) is 0 Å². The van der Waals surface area contributed by atoms with Crippen LogP contribution in [0.5, 0.6) is 5.75 Å². The molecule has 1 N–H and O–H groups in total. The molecule has 1 aliphatic rings. The monoisotopic (exact) mass is 305 g/mol. The first-order chi connectivity index (χ1) is 10.4. The van der Waals surface area contributed by atoms with E-state index in [0.29, 0.717) is 25.2 Å². The first kappa shape index (κ1) is 17.3. The predicted octanol–water partition coefficient (Wildman–Crippen LogP) is 3.61. The number of piperidine rings is 1. The van der Waals surface area contributed by atoms with E-state index in [9.17, 15) is 5.11 Å². The van der Waals surface area contributed by atoms with E-state index in [2.05, 4.69) is 51.7 Å². The second-order valence-corrected chi connectivity index (χ2v) is 7.00. The standard InChI is InChI=1S/C19H31NO2/c1-13-9-14(2)17(5)19(10-13)22-12-18(21)11-20-15(3)7-6-8-16(20)4/h9-10,15-16,18,21H,6-8,11-12H2,1-5H3/t15-,16-,18-/m1/s1. The Hall–Kier alpha value is -1.06. The number of likely N-dealkylation sites (tertiary alicyclic amines) is 1. The summed E-state index contributed by atoms with van der Waals surface area (Å²) >= 11 is 0. The maximum atomic E-state index is 10.4. The van der Waals surface area contributed by atoms with Gasteiger partial charge >= 0.3 is 0 Å². The highest BCUT2D eigenvalue weighted by Crippen LogP contribution is 2.25. The third-order valence-corrected chi connectivity index (χ3v) is 4.99. The van der Waals surface area contributed by atoms with Gasteiger partial charge in [-0.15, -0.1) is 0 Å². The zero-order valence-electron chi connectivity index (χ0n) is 14.7. The Labute approximate surface area is 135 Å². The van der Waals surface area contributed by atoms with Crippen molar-refractivity contribution in [1.29, 1.82) is 0 Å². The van der Waals surface area contributed by atoms with Crippen LogP contribution in [0, 0.1) is 20.8 Å². The molecule has 1 saturated heterocycles. The van der Waals surface area contributed by atoms with Gasteiger partial charge in [0.25, 0.3) is 0 Å². The number of ether oxygens (including phenoxy) is 1. The van der Waals surface area contributed by atoms with E-state index in [1.165, 1.54) is 30.4 Å². The molecule has 22 heavy (non-hydrogen) atoms. The molecule has 1 heterocycles. The van der Waals surface area contributed by atoms with Gasteiger partial charge in [0.1, 0.15) is 18.5 Å². The quantitative estimate of drug-likeness (QED) is 0.902. The average molecular weight is 305 g/mol. The molecule has 0 spiro atoms. The van der Waals surface area contributed by atoms with Crippen LogP contribution in [-0.4, -0.2) is 41.3 Å². The minimum atomic E-state index is -0.441. The van der Waals surface area contributed by atoms with E-state index in [1.54, 1.807) is 0 Å². The van der Waals surface area contributed by atoms with Gasteiger partial charge in [-0.2, -0.15) is 0 Å². The fourth-order valence-corrected chi connectivity index (χ4v) is 3.47.